The van der Waals surface area contributed by atoms with Crippen LogP contribution in [0.1, 0.15) is 55.7 Å². The standard InChI is InChI=1S/C31H41N3OS/c35-30(32-31-27-14-5-4-13-26(27)24-36-29-16-7-6-15-28(29)31)17-9-19-34-22-20-33(21-23-34)18-8-12-25-10-2-1-3-11-25/h1-3,6-8,10-12,15-16,26-27,31H,4-5,9,13-14,17-24H2,(H,32,35)/b12-8+/t26-,27+,31+/m0/s1. The maximum atomic E-state index is 13.1. The lowest BCUT2D eigenvalue weighted by Crippen LogP contribution is -2.46. The van der Waals surface area contributed by atoms with E-state index in [0.717, 1.165) is 51.6 Å². The molecule has 0 unspecified atom stereocenters. The van der Waals surface area contributed by atoms with Crippen molar-refractivity contribution in [3.63, 3.8) is 0 Å². The topological polar surface area (TPSA) is 35.6 Å². The van der Waals surface area contributed by atoms with Crippen molar-refractivity contribution < 1.29 is 4.79 Å². The molecule has 1 amide bonds. The third kappa shape index (κ3) is 6.81. The molecule has 192 valence electrons. The lowest BCUT2D eigenvalue weighted by molar-refractivity contribution is -0.122. The molecular weight excluding hydrogens is 462 g/mol. The average Bonchev–Trinajstić information content (AvgIpc) is 3.07. The second kappa shape index (κ2) is 12.9. The summed E-state index contributed by atoms with van der Waals surface area (Å²) in [5.41, 5.74) is 2.61. The summed E-state index contributed by atoms with van der Waals surface area (Å²) in [6.07, 6.45) is 11.3. The maximum absolute atomic E-state index is 13.1. The molecule has 2 aromatic carbocycles. The molecule has 2 fully saturated rings. The van der Waals surface area contributed by atoms with Gasteiger partial charge in [0.25, 0.3) is 0 Å². The van der Waals surface area contributed by atoms with Crippen LogP contribution in [-0.2, 0) is 4.79 Å². The lowest BCUT2D eigenvalue weighted by atomic mass is 9.74. The third-order valence-electron chi connectivity index (χ3n) is 8.24. The van der Waals surface area contributed by atoms with E-state index in [1.807, 2.05) is 11.8 Å². The molecule has 0 aromatic heterocycles. The zero-order chi connectivity index (χ0) is 24.6. The number of thioether (sulfide) groups is 1. The molecular formula is C31H41N3OS. The summed E-state index contributed by atoms with van der Waals surface area (Å²) in [6, 6.07) is 19.5. The summed E-state index contributed by atoms with van der Waals surface area (Å²) in [6.45, 7) is 6.42. The van der Waals surface area contributed by atoms with E-state index < -0.39 is 0 Å². The number of carbonyl (C=O) groups excluding carboxylic acids is 1. The molecule has 2 heterocycles. The van der Waals surface area contributed by atoms with Gasteiger partial charge in [-0.2, -0.15) is 0 Å². The van der Waals surface area contributed by atoms with Crippen LogP contribution in [0.5, 0.6) is 0 Å². The van der Waals surface area contributed by atoms with Crippen molar-refractivity contribution >= 4 is 23.7 Å². The minimum Gasteiger partial charge on any atom is -0.349 e. The van der Waals surface area contributed by atoms with Gasteiger partial charge in [0.2, 0.25) is 5.91 Å². The number of rotatable bonds is 8. The van der Waals surface area contributed by atoms with Crippen molar-refractivity contribution in [2.24, 2.45) is 11.8 Å². The van der Waals surface area contributed by atoms with E-state index in [9.17, 15) is 4.79 Å². The molecule has 2 aromatic rings. The molecule has 1 saturated carbocycles. The van der Waals surface area contributed by atoms with E-state index in [0.29, 0.717) is 12.3 Å². The minimum absolute atomic E-state index is 0.182. The fraction of sp³-hybridized carbons (Fsp3) is 0.516. The summed E-state index contributed by atoms with van der Waals surface area (Å²) >= 11 is 2.00. The zero-order valence-electron chi connectivity index (χ0n) is 21.5. The summed E-state index contributed by atoms with van der Waals surface area (Å²) in [5, 5.41) is 3.51. The first-order valence-electron chi connectivity index (χ1n) is 13.9. The quantitative estimate of drug-likeness (QED) is 0.489. The van der Waals surface area contributed by atoms with Crippen molar-refractivity contribution in [2.75, 3.05) is 45.0 Å². The molecule has 1 aliphatic carbocycles. The van der Waals surface area contributed by atoms with Gasteiger partial charge < -0.3 is 10.2 Å². The Hall–Kier alpha value is -2.08. The number of nitrogens with zero attached hydrogens (tertiary/aromatic N) is 2. The Balaban J connectivity index is 1.06. The number of nitrogens with one attached hydrogen (secondary N) is 1. The van der Waals surface area contributed by atoms with Crippen molar-refractivity contribution in [1.82, 2.24) is 15.1 Å². The normalized spacial score (nSPS) is 25.2. The largest absolute Gasteiger partial charge is 0.349 e. The first kappa shape index (κ1) is 25.6. The Bertz CT molecular complexity index is 1000. The van der Waals surface area contributed by atoms with Gasteiger partial charge in [0, 0.05) is 49.8 Å². The molecule has 3 atom stereocenters. The smallest absolute Gasteiger partial charge is 0.220 e. The van der Waals surface area contributed by atoms with Crippen LogP contribution in [0, 0.1) is 11.8 Å². The van der Waals surface area contributed by atoms with Gasteiger partial charge in [-0.15, -0.1) is 11.8 Å². The van der Waals surface area contributed by atoms with Crippen molar-refractivity contribution in [1.29, 1.82) is 0 Å². The monoisotopic (exact) mass is 503 g/mol. The summed E-state index contributed by atoms with van der Waals surface area (Å²) in [5.74, 6) is 2.74. The maximum Gasteiger partial charge on any atom is 0.220 e. The molecule has 3 aliphatic rings. The SMILES string of the molecule is O=C(CCCN1CCN(C/C=C/c2ccccc2)CC1)N[C@H]1c2ccccc2SC[C@@H]2CCCC[C@H]21. The highest BCUT2D eigenvalue weighted by atomic mass is 32.2. The van der Waals surface area contributed by atoms with Crippen LogP contribution in [0.3, 0.4) is 0 Å². The van der Waals surface area contributed by atoms with E-state index in [1.54, 1.807) is 0 Å². The molecule has 36 heavy (non-hydrogen) atoms. The molecule has 0 radical (unpaired) electrons. The first-order valence-corrected chi connectivity index (χ1v) is 14.9. The van der Waals surface area contributed by atoms with Crippen LogP contribution in [0.15, 0.2) is 65.6 Å². The average molecular weight is 504 g/mol. The minimum atomic E-state index is 0.182. The molecule has 4 nitrogen and oxygen atoms in total. The van der Waals surface area contributed by atoms with Gasteiger partial charge >= 0.3 is 0 Å². The Morgan fingerprint density at radius 2 is 1.69 bits per heavy atom. The van der Waals surface area contributed by atoms with Crippen molar-refractivity contribution in [3.05, 3.63) is 71.8 Å². The Kier molecular flexibility index (Phi) is 9.19. The summed E-state index contributed by atoms with van der Waals surface area (Å²) < 4.78 is 0. The molecule has 5 heteroatoms. The zero-order valence-corrected chi connectivity index (χ0v) is 22.3. The molecule has 0 spiro atoms. The predicted molar refractivity (Wildman–Crippen MR) is 151 cm³/mol. The highest BCUT2D eigenvalue weighted by Crippen LogP contribution is 2.46. The number of piperazine rings is 1. The van der Waals surface area contributed by atoms with Crippen LogP contribution in [0.4, 0.5) is 0 Å². The van der Waals surface area contributed by atoms with Crippen LogP contribution in [-0.4, -0.2) is 60.7 Å². The highest BCUT2D eigenvalue weighted by molar-refractivity contribution is 7.99. The van der Waals surface area contributed by atoms with Gasteiger partial charge in [0.05, 0.1) is 6.04 Å². The van der Waals surface area contributed by atoms with Gasteiger partial charge in [-0.25, -0.2) is 0 Å². The molecule has 2 aliphatic heterocycles. The Morgan fingerprint density at radius 1 is 0.944 bits per heavy atom. The van der Waals surface area contributed by atoms with Gasteiger partial charge in [-0.05, 0) is 54.8 Å². The highest BCUT2D eigenvalue weighted by Gasteiger charge is 2.37. The molecule has 0 bridgehead atoms. The van der Waals surface area contributed by atoms with E-state index in [-0.39, 0.29) is 11.9 Å². The van der Waals surface area contributed by atoms with E-state index in [2.05, 4.69) is 81.9 Å². The second-order valence-electron chi connectivity index (χ2n) is 10.7. The number of amides is 1. The number of carbonyl (C=O) groups is 1. The molecule has 5 rings (SSSR count). The van der Waals surface area contributed by atoms with Crippen LogP contribution >= 0.6 is 11.8 Å². The lowest BCUT2D eigenvalue weighted by Gasteiger charge is -2.36. The fourth-order valence-corrected chi connectivity index (χ4v) is 7.51. The third-order valence-corrected chi connectivity index (χ3v) is 9.51. The molecule has 1 N–H and O–H groups in total. The number of fused-ring (bicyclic) bond motifs is 2. The van der Waals surface area contributed by atoms with E-state index in [4.69, 9.17) is 0 Å². The summed E-state index contributed by atoms with van der Waals surface area (Å²) in [7, 11) is 0. The van der Waals surface area contributed by atoms with Crippen molar-refractivity contribution in [2.45, 2.75) is 49.5 Å². The van der Waals surface area contributed by atoms with E-state index >= 15 is 0 Å². The van der Waals surface area contributed by atoms with Gasteiger partial charge in [-0.1, -0.05) is 73.5 Å². The Labute approximate surface area is 221 Å². The fourth-order valence-electron chi connectivity index (χ4n) is 6.17. The van der Waals surface area contributed by atoms with Gasteiger partial charge in [-0.3, -0.25) is 9.69 Å². The van der Waals surface area contributed by atoms with Gasteiger partial charge in [0.1, 0.15) is 0 Å². The van der Waals surface area contributed by atoms with Crippen LogP contribution in [0.25, 0.3) is 6.08 Å². The number of hydrogen-bond acceptors (Lipinski definition) is 4. The molecule has 1 saturated heterocycles. The van der Waals surface area contributed by atoms with Crippen molar-refractivity contribution in [3.8, 4) is 0 Å². The number of hydrogen-bond donors (Lipinski definition) is 1. The van der Waals surface area contributed by atoms with E-state index in [1.165, 1.54) is 47.5 Å². The number of benzene rings is 2. The van der Waals surface area contributed by atoms with Crippen LogP contribution < -0.4 is 5.32 Å². The summed E-state index contributed by atoms with van der Waals surface area (Å²) in [4.78, 5) is 19.5. The second-order valence-corrected chi connectivity index (χ2v) is 11.7. The van der Waals surface area contributed by atoms with Crippen LogP contribution in [0.2, 0.25) is 0 Å². The predicted octanol–water partition coefficient (Wildman–Crippen LogP) is 5.87. The van der Waals surface area contributed by atoms with Gasteiger partial charge in [0.15, 0.2) is 0 Å². The Morgan fingerprint density at radius 3 is 2.56 bits per heavy atom. The first-order chi connectivity index (χ1) is 17.8.